The van der Waals surface area contributed by atoms with Crippen LogP contribution >= 0.6 is 23.2 Å². The Bertz CT molecular complexity index is 355. The summed E-state index contributed by atoms with van der Waals surface area (Å²) in [6, 6.07) is 5.35. The molecular formula is C13H17Cl2NO. The molecule has 0 bridgehead atoms. The molecule has 0 radical (unpaired) electrons. The number of halogens is 2. The van der Waals surface area contributed by atoms with Crippen molar-refractivity contribution in [2.45, 2.75) is 37.8 Å². The fourth-order valence-electron chi connectivity index (χ4n) is 2.30. The molecule has 1 aromatic rings. The van der Waals surface area contributed by atoms with E-state index >= 15 is 0 Å². The molecule has 1 aliphatic heterocycles. The second-order valence-corrected chi connectivity index (χ2v) is 5.43. The van der Waals surface area contributed by atoms with E-state index in [2.05, 4.69) is 5.32 Å². The Morgan fingerprint density at radius 1 is 1.12 bits per heavy atom. The SMILES string of the molecule is OC(c1cc(Cl)cc(Cl)c1)C1CCCCCN1. The number of rotatable bonds is 2. The van der Waals surface area contributed by atoms with Crippen molar-refractivity contribution in [3.63, 3.8) is 0 Å². The summed E-state index contributed by atoms with van der Waals surface area (Å²) >= 11 is 11.9. The predicted molar refractivity (Wildman–Crippen MR) is 71.7 cm³/mol. The molecule has 2 unspecified atom stereocenters. The maximum absolute atomic E-state index is 10.3. The zero-order chi connectivity index (χ0) is 12.3. The van der Waals surface area contributed by atoms with Crippen molar-refractivity contribution in [1.82, 2.24) is 5.32 Å². The summed E-state index contributed by atoms with van der Waals surface area (Å²) in [5.41, 5.74) is 0.793. The monoisotopic (exact) mass is 273 g/mol. The largest absolute Gasteiger partial charge is 0.387 e. The van der Waals surface area contributed by atoms with Crippen LogP contribution in [-0.2, 0) is 0 Å². The third-order valence-electron chi connectivity index (χ3n) is 3.21. The highest BCUT2D eigenvalue weighted by molar-refractivity contribution is 6.34. The topological polar surface area (TPSA) is 32.3 Å². The summed E-state index contributed by atoms with van der Waals surface area (Å²) in [4.78, 5) is 0. The van der Waals surface area contributed by atoms with Crippen LogP contribution in [0.5, 0.6) is 0 Å². The average molecular weight is 274 g/mol. The summed E-state index contributed by atoms with van der Waals surface area (Å²) in [6.07, 6.45) is 4.02. The van der Waals surface area contributed by atoms with E-state index in [1.165, 1.54) is 12.8 Å². The van der Waals surface area contributed by atoms with E-state index in [0.717, 1.165) is 24.9 Å². The molecule has 1 heterocycles. The van der Waals surface area contributed by atoms with Crippen LogP contribution in [-0.4, -0.2) is 17.7 Å². The molecular weight excluding hydrogens is 257 g/mol. The highest BCUT2D eigenvalue weighted by atomic mass is 35.5. The molecule has 2 nitrogen and oxygen atoms in total. The zero-order valence-electron chi connectivity index (χ0n) is 9.63. The molecule has 1 aromatic carbocycles. The predicted octanol–water partition coefficient (Wildman–Crippen LogP) is 3.56. The van der Waals surface area contributed by atoms with Crippen molar-refractivity contribution in [1.29, 1.82) is 0 Å². The molecule has 4 heteroatoms. The lowest BCUT2D eigenvalue weighted by Gasteiger charge is -2.23. The molecule has 1 saturated heterocycles. The Morgan fingerprint density at radius 2 is 1.82 bits per heavy atom. The van der Waals surface area contributed by atoms with Gasteiger partial charge >= 0.3 is 0 Å². The summed E-state index contributed by atoms with van der Waals surface area (Å²) in [7, 11) is 0. The van der Waals surface area contributed by atoms with E-state index in [0.29, 0.717) is 10.0 Å². The number of nitrogens with one attached hydrogen (secondary N) is 1. The van der Waals surface area contributed by atoms with Crippen LogP contribution in [0.4, 0.5) is 0 Å². The molecule has 0 aromatic heterocycles. The quantitative estimate of drug-likeness (QED) is 0.864. The van der Waals surface area contributed by atoms with Crippen molar-refractivity contribution in [3.8, 4) is 0 Å². The van der Waals surface area contributed by atoms with Crippen LogP contribution in [0.3, 0.4) is 0 Å². The summed E-state index contributed by atoms with van der Waals surface area (Å²) < 4.78 is 0. The van der Waals surface area contributed by atoms with Crippen LogP contribution in [0.1, 0.15) is 37.4 Å². The van der Waals surface area contributed by atoms with E-state index in [1.807, 2.05) is 0 Å². The van der Waals surface area contributed by atoms with Crippen LogP contribution in [0, 0.1) is 0 Å². The fourth-order valence-corrected chi connectivity index (χ4v) is 2.85. The van der Waals surface area contributed by atoms with E-state index < -0.39 is 6.10 Å². The maximum atomic E-state index is 10.3. The Morgan fingerprint density at radius 3 is 2.53 bits per heavy atom. The average Bonchev–Trinajstić information content (AvgIpc) is 2.55. The van der Waals surface area contributed by atoms with E-state index in [4.69, 9.17) is 23.2 Å². The third kappa shape index (κ3) is 3.59. The van der Waals surface area contributed by atoms with Gasteiger partial charge in [-0.3, -0.25) is 0 Å². The Kier molecular flexibility index (Phi) is 4.69. The van der Waals surface area contributed by atoms with E-state index in [-0.39, 0.29) is 6.04 Å². The first-order valence-corrected chi connectivity index (χ1v) is 6.80. The van der Waals surface area contributed by atoms with Crippen LogP contribution in [0.15, 0.2) is 18.2 Å². The molecule has 2 rings (SSSR count). The lowest BCUT2D eigenvalue weighted by atomic mass is 9.98. The molecule has 2 atom stereocenters. The number of hydrogen-bond donors (Lipinski definition) is 2. The second kappa shape index (κ2) is 6.05. The second-order valence-electron chi connectivity index (χ2n) is 4.56. The molecule has 94 valence electrons. The summed E-state index contributed by atoms with van der Waals surface area (Å²) in [6.45, 7) is 0.968. The number of aliphatic hydroxyl groups is 1. The van der Waals surface area contributed by atoms with Gasteiger partial charge in [0, 0.05) is 16.1 Å². The molecule has 17 heavy (non-hydrogen) atoms. The Balaban J connectivity index is 2.14. The summed E-state index contributed by atoms with van der Waals surface area (Å²) in [5, 5.41) is 14.9. The minimum Gasteiger partial charge on any atom is -0.387 e. The van der Waals surface area contributed by atoms with Gasteiger partial charge in [0.25, 0.3) is 0 Å². The van der Waals surface area contributed by atoms with Gasteiger partial charge < -0.3 is 10.4 Å². The number of hydrogen-bond acceptors (Lipinski definition) is 2. The van der Waals surface area contributed by atoms with Gasteiger partial charge in [0.05, 0.1) is 6.10 Å². The molecule has 0 saturated carbocycles. The van der Waals surface area contributed by atoms with E-state index in [1.54, 1.807) is 18.2 Å². The first-order valence-electron chi connectivity index (χ1n) is 6.04. The van der Waals surface area contributed by atoms with Crippen LogP contribution in [0.25, 0.3) is 0 Å². The van der Waals surface area contributed by atoms with Gasteiger partial charge in [-0.25, -0.2) is 0 Å². The number of aliphatic hydroxyl groups excluding tert-OH is 1. The minimum absolute atomic E-state index is 0.104. The van der Waals surface area contributed by atoms with Gasteiger partial charge in [0.2, 0.25) is 0 Å². The van der Waals surface area contributed by atoms with Crippen molar-refractivity contribution < 1.29 is 5.11 Å². The smallest absolute Gasteiger partial charge is 0.0943 e. The van der Waals surface area contributed by atoms with Gasteiger partial charge in [0.1, 0.15) is 0 Å². The van der Waals surface area contributed by atoms with Crippen molar-refractivity contribution in [3.05, 3.63) is 33.8 Å². The van der Waals surface area contributed by atoms with Crippen molar-refractivity contribution in [2.75, 3.05) is 6.54 Å². The lowest BCUT2D eigenvalue weighted by molar-refractivity contribution is 0.126. The lowest BCUT2D eigenvalue weighted by Crippen LogP contribution is -2.34. The number of benzene rings is 1. The van der Waals surface area contributed by atoms with Gasteiger partial charge in [-0.15, -0.1) is 0 Å². The highest BCUT2D eigenvalue weighted by Crippen LogP contribution is 2.27. The molecule has 1 aliphatic rings. The molecule has 1 fully saturated rings. The van der Waals surface area contributed by atoms with Crippen LogP contribution in [0.2, 0.25) is 10.0 Å². The van der Waals surface area contributed by atoms with Crippen molar-refractivity contribution >= 4 is 23.2 Å². The third-order valence-corrected chi connectivity index (χ3v) is 3.64. The fraction of sp³-hybridized carbons (Fsp3) is 0.538. The van der Waals surface area contributed by atoms with Gasteiger partial charge in [-0.05, 0) is 43.1 Å². The zero-order valence-corrected chi connectivity index (χ0v) is 11.1. The van der Waals surface area contributed by atoms with E-state index in [9.17, 15) is 5.11 Å². The first kappa shape index (κ1) is 13.2. The standard InChI is InChI=1S/C13H17Cl2NO/c14-10-6-9(7-11(15)8-10)13(17)12-4-2-1-3-5-16-12/h6-8,12-13,16-17H,1-5H2. The van der Waals surface area contributed by atoms with Crippen molar-refractivity contribution in [2.24, 2.45) is 0 Å². The molecule has 0 amide bonds. The minimum atomic E-state index is -0.538. The summed E-state index contributed by atoms with van der Waals surface area (Å²) in [5.74, 6) is 0. The Hall–Kier alpha value is -0.280. The molecule has 0 aliphatic carbocycles. The molecule has 2 N–H and O–H groups in total. The Labute approximate surface area is 112 Å². The van der Waals surface area contributed by atoms with Crippen LogP contribution < -0.4 is 5.32 Å². The highest BCUT2D eigenvalue weighted by Gasteiger charge is 2.22. The first-order chi connectivity index (χ1) is 8.16. The van der Waals surface area contributed by atoms with Gasteiger partial charge in [-0.2, -0.15) is 0 Å². The van der Waals surface area contributed by atoms with Gasteiger partial charge in [0.15, 0.2) is 0 Å². The maximum Gasteiger partial charge on any atom is 0.0943 e. The molecule has 0 spiro atoms. The normalized spacial score (nSPS) is 23.1. The van der Waals surface area contributed by atoms with Gasteiger partial charge in [-0.1, -0.05) is 36.0 Å².